The lowest BCUT2D eigenvalue weighted by atomic mass is 10.1. The molecule has 27 heavy (non-hydrogen) atoms. The van der Waals surface area contributed by atoms with Gasteiger partial charge in [0.15, 0.2) is 5.78 Å². The summed E-state index contributed by atoms with van der Waals surface area (Å²) in [6.07, 6.45) is 4.01. The molecule has 0 unspecified atom stereocenters. The molecule has 3 heterocycles. The summed E-state index contributed by atoms with van der Waals surface area (Å²) in [5, 5.41) is 0.633. The Hall–Kier alpha value is -1.90. The Morgan fingerprint density at radius 3 is 2.74 bits per heavy atom. The van der Waals surface area contributed by atoms with Crippen LogP contribution in [0.5, 0.6) is 5.75 Å². The van der Waals surface area contributed by atoms with Gasteiger partial charge in [-0.2, -0.15) is 4.31 Å². The average molecular weight is 405 g/mol. The van der Waals surface area contributed by atoms with E-state index in [1.54, 1.807) is 18.2 Å². The minimum Gasteiger partial charge on any atom is -0.493 e. The Balaban J connectivity index is 1.39. The Kier molecular flexibility index (Phi) is 5.21. The van der Waals surface area contributed by atoms with Crippen LogP contribution in [0.15, 0.2) is 46.5 Å². The van der Waals surface area contributed by atoms with E-state index in [4.69, 9.17) is 4.74 Å². The number of rotatable bonds is 6. The number of Topliss-reactive ketones (excluding diaryl/α,β-unsaturated/α-hetero) is 1. The highest BCUT2D eigenvalue weighted by Crippen LogP contribution is 2.27. The number of pyridine rings is 1. The Morgan fingerprint density at radius 2 is 2.00 bits per heavy atom. The van der Waals surface area contributed by atoms with Gasteiger partial charge in [0.2, 0.25) is 10.0 Å². The van der Waals surface area contributed by atoms with Gasteiger partial charge in [0.1, 0.15) is 10.6 Å². The number of fused-ring (bicyclic) bond motifs is 1. The first-order valence-corrected chi connectivity index (χ1v) is 11.3. The van der Waals surface area contributed by atoms with Crippen LogP contribution in [0.3, 0.4) is 0 Å². The summed E-state index contributed by atoms with van der Waals surface area (Å²) in [6, 6.07) is 8.75. The van der Waals surface area contributed by atoms with Crippen molar-refractivity contribution in [2.24, 2.45) is 0 Å². The summed E-state index contributed by atoms with van der Waals surface area (Å²) in [6.45, 7) is 1.80. The molecular formula is C19H20N2O4S2. The summed E-state index contributed by atoms with van der Waals surface area (Å²) in [4.78, 5) is 16.9. The van der Waals surface area contributed by atoms with Crippen molar-refractivity contribution in [2.75, 3.05) is 25.4 Å². The van der Waals surface area contributed by atoms with E-state index in [2.05, 4.69) is 4.98 Å². The summed E-state index contributed by atoms with van der Waals surface area (Å²) in [7, 11) is -3.45. The molecule has 0 spiro atoms. The predicted octanol–water partition coefficient (Wildman–Crippen LogP) is 2.78. The first-order chi connectivity index (χ1) is 13.0. The molecule has 0 bridgehead atoms. The zero-order valence-corrected chi connectivity index (χ0v) is 16.4. The largest absolute Gasteiger partial charge is 0.493 e. The van der Waals surface area contributed by atoms with E-state index < -0.39 is 10.0 Å². The quantitative estimate of drug-likeness (QED) is 0.544. The number of hydrogen-bond acceptors (Lipinski definition) is 6. The summed E-state index contributed by atoms with van der Waals surface area (Å²) in [5.41, 5.74) is 1.74. The minimum absolute atomic E-state index is 0.0188. The van der Waals surface area contributed by atoms with Gasteiger partial charge in [-0.15, -0.1) is 0 Å². The first kappa shape index (κ1) is 18.5. The number of thioether (sulfide) groups is 1. The second kappa shape index (κ2) is 7.61. The third kappa shape index (κ3) is 3.88. The van der Waals surface area contributed by atoms with Crippen molar-refractivity contribution in [3.63, 3.8) is 0 Å². The molecule has 0 aliphatic carbocycles. The average Bonchev–Trinajstić information content (AvgIpc) is 3.37. The number of carbonyl (C=O) groups is 1. The molecule has 0 radical (unpaired) electrons. The molecule has 0 N–H and O–H groups in total. The number of ether oxygens (including phenoxy) is 1. The van der Waals surface area contributed by atoms with E-state index in [0.717, 1.165) is 30.6 Å². The van der Waals surface area contributed by atoms with E-state index >= 15 is 0 Å². The van der Waals surface area contributed by atoms with E-state index in [0.29, 0.717) is 30.3 Å². The number of sulfonamides is 1. The van der Waals surface area contributed by atoms with Gasteiger partial charge in [-0.1, -0.05) is 11.8 Å². The van der Waals surface area contributed by atoms with Crippen LogP contribution < -0.4 is 4.74 Å². The molecule has 0 atom stereocenters. The minimum atomic E-state index is -3.45. The number of hydrogen-bond donors (Lipinski definition) is 0. The monoisotopic (exact) mass is 404 g/mol. The maximum atomic E-state index is 12.5. The van der Waals surface area contributed by atoms with Crippen molar-refractivity contribution in [1.29, 1.82) is 0 Å². The topological polar surface area (TPSA) is 76.6 Å². The van der Waals surface area contributed by atoms with Gasteiger partial charge >= 0.3 is 0 Å². The lowest BCUT2D eigenvalue weighted by Crippen LogP contribution is -2.27. The van der Waals surface area contributed by atoms with Crippen LogP contribution in [0.25, 0.3) is 0 Å². The summed E-state index contributed by atoms with van der Waals surface area (Å²) < 4.78 is 32.0. The maximum Gasteiger partial charge on any atom is 0.244 e. The van der Waals surface area contributed by atoms with Crippen molar-refractivity contribution in [3.8, 4) is 5.75 Å². The molecule has 4 rings (SSSR count). The number of benzene rings is 1. The van der Waals surface area contributed by atoms with Crippen LogP contribution in [0.2, 0.25) is 0 Å². The number of ketones is 1. The van der Waals surface area contributed by atoms with E-state index in [1.807, 2.05) is 12.1 Å². The van der Waals surface area contributed by atoms with Crippen LogP contribution in [-0.4, -0.2) is 48.9 Å². The SMILES string of the molecule is O=C(CSc1ccc(S(=O)(=O)N2CCCC2)cn1)c1ccc2c(c1)CCO2. The Labute approximate surface area is 163 Å². The van der Waals surface area contributed by atoms with Crippen molar-refractivity contribution < 1.29 is 17.9 Å². The zero-order valence-electron chi connectivity index (χ0n) is 14.8. The number of carbonyl (C=O) groups excluding carboxylic acids is 1. The van der Waals surface area contributed by atoms with E-state index in [-0.39, 0.29) is 16.4 Å². The molecule has 1 fully saturated rings. The van der Waals surface area contributed by atoms with Gasteiger partial charge in [0.05, 0.1) is 17.4 Å². The molecule has 2 aliphatic heterocycles. The van der Waals surface area contributed by atoms with Gasteiger partial charge in [0.25, 0.3) is 0 Å². The molecule has 6 nitrogen and oxygen atoms in total. The molecular weight excluding hydrogens is 384 g/mol. The third-order valence-electron chi connectivity index (χ3n) is 4.77. The highest BCUT2D eigenvalue weighted by molar-refractivity contribution is 7.99. The number of aromatic nitrogens is 1. The van der Waals surface area contributed by atoms with Gasteiger partial charge in [0, 0.05) is 31.3 Å². The van der Waals surface area contributed by atoms with Crippen molar-refractivity contribution in [2.45, 2.75) is 29.2 Å². The van der Waals surface area contributed by atoms with E-state index in [1.165, 1.54) is 22.3 Å². The third-order valence-corrected chi connectivity index (χ3v) is 7.60. The molecule has 142 valence electrons. The zero-order chi connectivity index (χ0) is 18.9. The van der Waals surface area contributed by atoms with Crippen LogP contribution in [-0.2, 0) is 16.4 Å². The summed E-state index contributed by atoms with van der Waals surface area (Å²) in [5.74, 6) is 1.13. The predicted molar refractivity (Wildman–Crippen MR) is 103 cm³/mol. The normalized spacial score (nSPS) is 16.9. The fraction of sp³-hybridized carbons (Fsp3) is 0.368. The van der Waals surface area contributed by atoms with E-state index in [9.17, 15) is 13.2 Å². The van der Waals surface area contributed by atoms with Gasteiger partial charge in [-0.25, -0.2) is 13.4 Å². The fourth-order valence-corrected chi connectivity index (χ4v) is 5.47. The second-order valence-corrected chi connectivity index (χ2v) is 9.51. The van der Waals surface area contributed by atoms with Crippen molar-refractivity contribution in [1.82, 2.24) is 9.29 Å². The second-order valence-electron chi connectivity index (χ2n) is 6.58. The molecule has 2 aromatic rings. The lowest BCUT2D eigenvalue weighted by molar-refractivity contribution is 0.102. The molecule has 1 aromatic carbocycles. The first-order valence-electron chi connectivity index (χ1n) is 8.92. The highest BCUT2D eigenvalue weighted by atomic mass is 32.2. The number of nitrogens with zero attached hydrogens (tertiary/aromatic N) is 2. The van der Waals surface area contributed by atoms with Gasteiger partial charge in [-0.05, 0) is 48.7 Å². The van der Waals surface area contributed by atoms with Crippen LogP contribution >= 0.6 is 11.8 Å². The van der Waals surface area contributed by atoms with Gasteiger partial charge < -0.3 is 4.74 Å². The summed E-state index contributed by atoms with van der Waals surface area (Å²) >= 11 is 1.31. The van der Waals surface area contributed by atoms with Gasteiger partial charge in [-0.3, -0.25) is 4.79 Å². The van der Waals surface area contributed by atoms with Crippen LogP contribution in [0, 0.1) is 0 Å². The maximum absolute atomic E-state index is 12.5. The van der Waals surface area contributed by atoms with Crippen molar-refractivity contribution in [3.05, 3.63) is 47.7 Å². The fourth-order valence-electron chi connectivity index (χ4n) is 3.27. The lowest BCUT2D eigenvalue weighted by Gasteiger charge is -2.15. The van der Waals surface area contributed by atoms with Crippen LogP contribution in [0.1, 0.15) is 28.8 Å². The molecule has 1 aromatic heterocycles. The Morgan fingerprint density at radius 1 is 1.19 bits per heavy atom. The smallest absolute Gasteiger partial charge is 0.244 e. The standard InChI is InChI=1S/C19H20N2O4S2/c22-17(14-3-5-18-15(11-14)7-10-25-18)13-26-19-6-4-16(12-20-19)27(23,24)21-8-1-2-9-21/h3-6,11-12H,1-2,7-10,13H2. The molecule has 2 aliphatic rings. The molecule has 0 amide bonds. The van der Waals surface area contributed by atoms with Crippen LogP contribution in [0.4, 0.5) is 0 Å². The van der Waals surface area contributed by atoms with Crippen molar-refractivity contribution >= 4 is 27.6 Å². The Bertz CT molecular complexity index is 952. The molecule has 0 saturated carbocycles. The molecule has 1 saturated heterocycles. The molecule has 8 heteroatoms. The highest BCUT2D eigenvalue weighted by Gasteiger charge is 2.27.